The van der Waals surface area contributed by atoms with Crippen molar-refractivity contribution >= 4 is 21.6 Å². The fourth-order valence-electron chi connectivity index (χ4n) is 2.82. The molecule has 0 saturated carbocycles. The molecule has 2 rings (SSSR count). The Hall–Kier alpha value is -2.54. The predicted octanol–water partition coefficient (Wildman–Crippen LogP) is 2.76. The van der Waals surface area contributed by atoms with E-state index in [1.165, 1.54) is 11.4 Å². The molecular formula is C20H26N2O4S. The van der Waals surface area contributed by atoms with E-state index in [1.807, 2.05) is 24.3 Å². The van der Waals surface area contributed by atoms with Gasteiger partial charge in [-0.3, -0.25) is 9.10 Å². The Morgan fingerprint density at radius 1 is 1.19 bits per heavy atom. The number of ether oxygens (including phenoxy) is 1. The van der Waals surface area contributed by atoms with Crippen LogP contribution in [0.15, 0.2) is 42.5 Å². The van der Waals surface area contributed by atoms with E-state index in [0.29, 0.717) is 17.8 Å². The van der Waals surface area contributed by atoms with Gasteiger partial charge in [0.1, 0.15) is 5.75 Å². The summed E-state index contributed by atoms with van der Waals surface area (Å²) in [6, 6.07) is 12.8. The van der Waals surface area contributed by atoms with Crippen molar-refractivity contribution in [3.8, 4) is 5.75 Å². The number of anilines is 1. The molecule has 1 N–H and O–H groups in total. The number of sulfonamides is 1. The van der Waals surface area contributed by atoms with Crippen molar-refractivity contribution in [2.45, 2.75) is 19.8 Å². The van der Waals surface area contributed by atoms with Crippen molar-refractivity contribution in [2.75, 3.05) is 31.3 Å². The minimum atomic E-state index is -3.34. The molecule has 0 unspecified atom stereocenters. The molecule has 0 radical (unpaired) electrons. The van der Waals surface area contributed by atoms with Crippen molar-refractivity contribution in [3.05, 3.63) is 59.2 Å². The second kappa shape index (κ2) is 8.90. The van der Waals surface area contributed by atoms with E-state index >= 15 is 0 Å². The van der Waals surface area contributed by atoms with Crippen molar-refractivity contribution in [1.29, 1.82) is 0 Å². The Kier molecular flexibility index (Phi) is 6.85. The summed E-state index contributed by atoms with van der Waals surface area (Å²) in [6.45, 7) is 2.33. The summed E-state index contributed by atoms with van der Waals surface area (Å²) >= 11 is 0. The van der Waals surface area contributed by atoms with E-state index in [-0.39, 0.29) is 5.91 Å². The molecule has 1 amide bonds. The lowest BCUT2D eigenvalue weighted by Crippen LogP contribution is -2.27. The fourth-order valence-corrected chi connectivity index (χ4v) is 3.38. The van der Waals surface area contributed by atoms with Crippen LogP contribution in [0.2, 0.25) is 0 Å². The molecule has 0 aliphatic heterocycles. The first-order chi connectivity index (χ1) is 12.7. The molecule has 0 saturated heterocycles. The Bertz CT molecular complexity index is 910. The maximum atomic E-state index is 12.3. The van der Waals surface area contributed by atoms with Crippen molar-refractivity contribution in [3.63, 3.8) is 0 Å². The summed E-state index contributed by atoms with van der Waals surface area (Å²) in [6.07, 6.45) is 2.75. The summed E-state index contributed by atoms with van der Waals surface area (Å²) in [5.41, 5.74) is 2.91. The number of amides is 1. The van der Waals surface area contributed by atoms with Crippen LogP contribution in [-0.2, 0) is 16.4 Å². The number of hydrogen-bond donors (Lipinski definition) is 1. The number of carbonyl (C=O) groups excluding carboxylic acids is 1. The Morgan fingerprint density at radius 3 is 2.52 bits per heavy atom. The molecule has 146 valence electrons. The van der Waals surface area contributed by atoms with Gasteiger partial charge in [0.2, 0.25) is 10.0 Å². The molecule has 0 spiro atoms. The van der Waals surface area contributed by atoms with E-state index in [9.17, 15) is 13.2 Å². The number of hydrogen-bond acceptors (Lipinski definition) is 4. The summed E-state index contributed by atoms with van der Waals surface area (Å²) < 4.78 is 29.9. The van der Waals surface area contributed by atoms with E-state index in [4.69, 9.17) is 4.74 Å². The highest BCUT2D eigenvalue weighted by Crippen LogP contribution is 2.22. The highest BCUT2D eigenvalue weighted by Gasteiger charge is 2.15. The van der Waals surface area contributed by atoms with Crippen LogP contribution in [0.1, 0.15) is 27.9 Å². The monoisotopic (exact) mass is 390 g/mol. The number of benzene rings is 2. The van der Waals surface area contributed by atoms with Crippen LogP contribution >= 0.6 is 0 Å². The number of carbonyl (C=O) groups is 1. The minimum absolute atomic E-state index is 0.174. The van der Waals surface area contributed by atoms with Crippen LogP contribution in [0.5, 0.6) is 5.75 Å². The van der Waals surface area contributed by atoms with Gasteiger partial charge >= 0.3 is 0 Å². The maximum absolute atomic E-state index is 12.3. The molecule has 0 heterocycles. The lowest BCUT2D eigenvalue weighted by Gasteiger charge is -2.19. The third-order valence-electron chi connectivity index (χ3n) is 4.40. The van der Waals surface area contributed by atoms with Crippen molar-refractivity contribution in [2.24, 2.45) is 0 Å². The van der Waals surface area contributed by atoms with Crippen molar-refractivity contribution in [1.82, 2.24) is 5.32 Å². The number of nitrogens with one attached hydrogen (secondary N) is 1. The molecule has 0 fully saturated rings. The summed E-state index contributed by atoms with van der Waals surface area (Å²) in [4.78, 5) is 12.3. The number of para-hydroxylation sites is 1. The van der Waals surface area contributed by atoms with Gasteiger partial charge in [-0.15, -0.1) is 0 Å². The van der Waals surface area contributed by atoms with Gasteiger partial charge in [0.25, 0.3) is 5.91 Å². The van der Waals surface area contributed by atoms with E-state index in [2.05, 4.69) is 5.32 Å². The van der Waals surface area contributed by atoms with Crippen LogP contribution < -0.4 is 14.4 Å². The molecule has 2 aromatic carbocycles. The first-order valence-corrected chi connectivity index (χ1v) is 10.5. The SMILES string of the molecule is COc1ccccc1CCCNC(=O)c1ccc(N(C)S(C)(=O)=O)c(C)c1. The predicted molar refractivity (Wildman–Crippen MR) is 108 cm³/mol. The molecule has 7 heteroatoms. The average molecular weight is 391 g/mol. The molecular weight excluding hydrogens is 364 g/mol. The fraction of sp³-hybridized carbons (Fsp3) is 0.350. The van der Waals surface area contributed by atoms with E-state index in [1.54, 1.807) is 32.2 Å². The second-order valence-electron chi connectivity index (χ2n) is 6.40. The first-order valence-electron chi connectivity index (χ1n) is 8.68. The van der Waals surface area contributed by atoms with Gasteiger partial charge in [-0.2, -0.15) is 0 Å². The molecule has 27 heavy (non-hydrogen) atoms. The van der Waals surface area contributed by atoms with Crippen LogP contribution in [0.4, 0.5) is 5.69 Å². The third kappa shape index (κ3) is 5.47. The first kappa shape index (κ1) is 20.8. The number of rotatable bonds is 8. The zero-order valence-corrected chi connectivity index (χ0v) is 17.0. The zero-order valence-electron chi connectivity index (χ0n) is 16.2. The topological polar surface area (TPSA) is 75.7 Å². The largest absolute Gasteiger partial charge is 0.496 e. The van der Waals surface area contributed by atoms with Gasteiger partial charge in [-0.1, -0.05) is 18.2 Å². The highest BCUT2D eigenvalue weighted by molar-refractivity contribution is 7.92. The molecule has 0 aromatic heterocycles. The van der Waals surface area contributed by atoms with Crippen LogP contribution in [-0.4, -0.2) is 41.3 Å². The lowest BCUT2D eigenvalue weighted by atomic mass is 10.1. The summed E-state index contributed by atoms with van der Waals surface area (Å²) in [5, 5.41) is 2.90. The third-order valence-corrected chi connectivity index (χ3v) is 5.59. The van der Waals surface area contributed by atoms with Crippen molar-refractivity contribution < 1.29 is 17.9 Å². The van der Waals surface area contributed by atoms with Gasteiger partial charge in [0, 0.05) is 19.2 Å². The summed E-state index contributed by atoms with van der Waals surface area (Å²) in [7, 11) is -0.197. The second-order valence-corrected chi connectivity index (χ2v) is 8.42. The van der Waals surface area contributed by atoms with E-state index < -0.39 is 10.0 Å². The number of aryl methyl sites for hydroxylation is 2. The molecule has 2 aromatic rings. The molecule has 0 atom stereocenters. The van der Waals surface area contributed by atoms with Gasteiger partial charge in [0.05, 0.1) is 19.1 Å². The van der Waals surface area contributed by atoms with Crippen LogP contribution in [0.25, 0.3) is 0 Å². The van der Waals surface area contributed by atoms with Gasteiger partial charge in [-0.25, -0.2) is 8.42 Å². The standard InChI is InChI=1S/C20H26N2O4S/c1-15-14-17(11-12-18(15)22(2)27(4,24)25)20(23)21-13-7-9-16-8-5-6-10-19(16)26-3/h5-6,8,10-12,14H,7,9,13H2,1-4H3,(H,21,23). The normalized spacial score (nSPS) is 11.1. The lowest BCUT2D eigenvalue weighted by molar-refractivity contribution is 0.0953. The highest BCUT2D eigenvalue weighted by atomic mass is 32.2. The summed E-state index contributed by atoms with van der Waals surface area (Å²) in [5.74, 6) is 0.678. The molecule has 0 bridgehead atoms. The Labute approximate surface area is 161 Å². The molecule has 0 aliphatic carbocycles. The zero-order chi connectivity index (χ0) is 20.0. The van der Waals surface area contributed by atoms with E-state index in [0.717, 1.165) is 36.0 Å². The smallest absolute Gasteiger partial charge is 0.251 e. The Morgan fingerprint density at radius 2 is 1.89 bits per heavy atom. The minimum Gasteiger partial charge on any atom is -0.496 e. The van der Waals surface area contributed by atoms with Gasteiger partial charge in [0.15, 0.2) is 0 Å². The molecule has 0 aliphatic rings. The Balaban J connectivity index is 1.93. The average Bonchev–Trinajstić information content (AvgIpc) is 2.64. The van der Waals surface area contributed by atoms with Gasteiger partial charge in [-0.05, 0) is 55.2 Å². The van der Waals surface area contributed by atoms with Crippen LogP contribution in [0, 0.1) is 6.92 Å². The number of nitrogens with zero attached hydrogens (tertiary/aromatic N) is 1. The maximum Gasteiger partial charge on any atom is 0.251 e. The molecule has 6 nitrogen and oxygen atoms in total. The van der Waals surface area contributed by atoms with Gasteiger partial charge < -0.3 is 10.1 Å². The quantitative estimate of drug-likeness (QED) is 0.703. The number of methoxy groups -OCH3 is 1. The van der Waals surface area contributed by atoms with Crippen LogP contribution in [0.3, 0.4) is 0 Å².